The maximum Gasteiger partial charge on any atom is 0.341 e. The average molecular weight is 509 g/mol. The molecule has 0 saturated heterocycles. The Labute approximate surface area is 223 Å². The van der Waals surface area contributed by atoms with E-state index in [0.717, 1.165) is 24.8 Å². The third-order valence-electron chi connectivity index (χ3n) is 6.46. The smallest absolute Gasteiger partial charge is 0.341 e. The Morgan fingerprint density at radius 1 is 0.816 bits per heavy atom. The number of pyridine rings is 1. The van der Waals surface area contributed by atoms with E-state index in [1.165, 1.54) is 11.1 Å². The molecule has 0 atom stereocenters. The molecular formula is C32H32N2O4. The van der Waals surface area contributed by atoms with Gasteiger partial charge in [0.2, 0.25) is 0 Å². The molecule has 6 heteroatoms. The van der Waals surface area contributed by atoms with E-state index in [4.69, 9.17) is 9.84 Å². The van der Waals surface area contributed by atoms with E-state index in [0.29, 0.717) is 24.4 Å². The van der Waals surface area contributed by atoms with Crippen LogP contribution >= 0.6 is 0 Å². The number of hydrogen-bond donors (Lipinski definition) is 1. The van der Waals surface area contributed by atoms with E-state index in [1.54, 1.807) is 30.6 Å². The van der Waals surface area contributed by atoms with E-state index in [1.807, 2.05) is 35.2 Å². The van der Waals surface area contributed by atoms with Crippen LogP contribution in [0.2, 0.25) is 0 Å². The van der Waals surface area contributed by atoms with Crippen molar-refractivity contribution in [2.24, 2.45) is 0 Å². The summed E-state index contributed by atoms with van der Waals surface area (Å²) in [6, 6.07) is 31.8. The van der Waals surface area contributed by atoms with Crippen molar-refractivity contribution in [1.82, 2.24) is 9.88 Å². The van der Waals surface area contributed by atoms with Gasteiger partial charge in [-0.1, -0.05) is 72.8 Å². The molecule has 0 radical (unpaired) electrons. The lowest BCUT2D eigenvalue weighted by Gasteiger charge is -2.26. The fraction of sp³-hybridized carbons (Fsp3) is 0.219. The monoisotopic (exact) mass is 508 g/mol. The Morgan fingerprint density at radius 2 is 1.47 bits per heavy atom. The van der Waals surface area contributed by atoms with Gasteiger partial charge in [0.1, 0.15) is 5.75 Å². The number of hydrogen-bond acceptors (Lipinski definition) is 4. The molecule has 0 aliphatic heterocycles. The lowest BCUT2D eigenvalue weighted by molar-refractivity contribution is -0.139. The van der Waals surface area contributed by atoms with Crippen molar-refractivity contribution < 1.29 is 19.4 Å². The number of nitrogens with zero attached hydrogens (tertiary/aromatic N) is 2. The first-order valence-electron chi connectivity index (χ1n) is 12.8. The second-order valence-electron chi connectivity index (χ2n) is 9.12. The molecule has 0 saturated carbocycles. The van der Waals surface area contributed by atoms with Crippen LogP contribution in [0, 0.1) is 0 Å². The Morgan fingerprint density at radius 3 is 2.11 bits per heavy atom. The van der Waals surface area contributed by atoms with Crippen molar-refractivity contribution in [3.05, 3.63) is 132 Å². The lowest BCUT2D eigenvalue weighted by atomic mass is 9.88. The van der Waals surface area contributed by atoms with Gasteiger partial charge in [0, 0.05) is 37.0 Å². The molecule has 0 unspecified atom stereocenters. The number of rotatable bonds is 13. The molecule has 4 rings (SSSR count). The lowest BCUT2D eigenvalue weighted by Crippen LogP contribution is -2.34. The molecule has 1 heterocycles. The van der Waals surface area contributed by atoms with Crippen LogP contribution in [0.25, 0.3) is 0 Å². The molecule has 1 amide bonds. The number of aromatic nitrogens is 1. The minimum atomic E-state index is -1.01. The van der Waals surface area contributed by atoms with Crippen molar-refractivity contribution in [2.75, 3.05) is 19.7 Å². The van der Waals surface area contributed by atoms with Crippen LogP contribution in [0.1, 0.15) is 45.8 Å². The molecule has 1 aromatic heterocycles. The maximum absolute atomic E-state index is 13.5. The molecule has 0 fully saturated rings. The van der Waals surface area contributed by atoms with E-state index >= 15 is 0 Å². The summed E-state index contributed by atoms with van der Waals surface area (Å²) in [5.74, 6) is -0.313. The maximum atomic E-state index is 13.5. The van der Waals surface area contributed by atoms with Gasteiger partial charge >= 0.3 is 5.97 Å². The van der Waals surface area contributed by atoms with E-state index in [2.05, 4.69) is 53.5 Å². The predicted octanol–water partition coefficient (Wildman–Crippen LogP) is 5.84. The summed E-state index contributed by atoms with van der Waals surface area (Å²) in [5.41, 5.74) is 4.12. The van der Waals surface area contributed by atoms with Gasteiger partial charge in [0.05, 0.1) is 0 Å². The standard InChI is InChI=1S/C32H32N2O4/c35-31(36)24-38-29-15-7-9-25(23-29)10-8-21-34(32(37)28-16-19-33-20-17-28)22-18-30(26-11-3-1-4-12-26)27-13-5-2-6-14-27/h1-7,9,11-17,19-20,23,30H,8,10,18,21-22,24H2,(H,35,36). The van der Waals surface area contributed by atoms with Gasteiger partial charge in [-0.2, -0.15) is 0 Å². The van der Waals surface area contributed by atoms with E-state index < -0.39 is 5.97 Å². The highest BCUT2D eigenvalue weighted by Crippen LogP contribution is 2.28. The minimum Gasteiger partial charge on any atom is -0.482 e. The second kappa shape index (κ2) is 13.7. The molecule has 4 aromatic rings. The number of ether oxygens (including phenoxy) is 1. The average Bonchev–Trinajstić information content (AvgIpc) is 2.97. The quantitative estimate of drug-likeness (QED) is 0.245. The summed E-state index contributed by atoms with van der Waals surface area (Å²) in [6.45, 7) is 0.830. The molecule has 6 nitrogen and oxygen atoms in total. The molecule has 0 aliphatic rings. The van der Waals surface area contributed by atoms with Crippen molar-refractivity contribution >= 4 is 11.9 Å². The third-order valence-corrected chi connectivity index (χ3v) is 6.46. The van der Waals surface area contributed by atoms with Gasteiger partial charge in [0.15, 0.2) is 6.61 Å². The first kappa shape index (κ1) is 26.6. The number of benzene rings is 3. The zero-order chi connectivity index (χ0) is 26.6. The summed E-state index contributed by atoms with van der Waals surface area (Å²) in [7, 11) is 0. The van der Waals surface area contributed by atoms with Crippen LogP contribution in [0.15, 0.2) is 109 Å². The van der Waals surface area contributed by atoms with Gasteiger partial charge in [-0.25, -0.2) is 4.79 Å². The van der Waals surface area contributed by atoms with Crippen molar-refractivity contribution in [3.8, 4) is 5.75 Å². The zero-order valence-corrected chi connectivity index (χ0v) is 21.3. The van der Waals surface area contributed by atoms with Crippen LogP contribution in [0.5, 0.6) is 5.75 Å². The molecule has 3 aromatic carbocycles. The first-order chi connectivity index (χ1) is 18.6. The van der Waals surface area contributed by atoms with Gasteiger partial charge in [-0.05, 0) is 60.2 Å². The van der Waals surface area contributed by atoms with Crippen LogP contribution < -0.4 is 4.74 Å². The first-order valence-corrected chi connectivity index (χ1v) is 12.8. The largest absolute Gasteiger partial charge is 0.482 e. The fourth-order valence-corrected chi connectivity index (χ4v) is 4.58. The summed E-state index contributed by atoms with van der Waals surface area (Å²) in [6.07, 6.45) is 5.59. The SMILES string of the molecule is O=C(O)COc1cccc(CCCN(CCC(c2ccccc2)c2ccccc2)C(=O)c2ccncc2)c1. The van der Waals surface area contributed by atoms with Crippen LogP contribution in [0.4, 0.5) is 0 Å². The molecule has 194 valence electrons. The Balaban J connectivity index is 1.47. The molecule has 38 heavy (non-hydrogen) atoms. The number of aryl methyl sites for hydroxylation is 1. The van der Waals surface area contributed by atoms with E-state index in [9.17, 15) is 9.59 Å². The van der Waals surface area contributed by atoms with E-state index in [-0.39, 0.29) is 18.4 Å². The van der Waals surface area contributed by atoms with Gasteiger partial charge in [-0.3, -0.25) is 9.78 Å². The predicted molar refractivity (Wildman–Crippen MR) is 147 cm³/mol. The topological polar surface area (TPSA) is 79.7 Å². The summed E-state index contributed by atoms with van der Waals surface area (Å²) in [5, 5.41) is 8.86. The zero-order valence-electron chi connectivity index (χ0n) is 21.3. The van der Waals surface area contributed by atoms with Gasteiger partial charge in [0.25, 0.3) is 5.91 Å². The number of carboxylic acid groups (broad SMARTS) is 1. The number of aliphatic carboxylic acids is 1. The fourth-order valence-electron chi connectivity index (χ4n) is 4.58. The van der Waals surface area contributed by atoms with Crippen LogP contribution in [-0.2, 0) is 11.2 Å². The molecule has 0 spiro atoms. The highest BCUT2D eigenvalue weighted by molar-refractivity contribution is 5.94. The van der Waals surface area contributed by atoms with Crippen LogP contribution in [-0.4, -0.2) is 46.6 Å². The summed E-state index contributed by atoms with van der Waals surface area (Å²) < 4.78 is 5.31. The van der Waals surface area contributed by atoms with Crippen LogP contribution in [0.3, 0.4) is 0 Å². The molecule has 0 aliphatic carbocycles. The number of amides is 1. The number of carbonyl (C=O) groups is 2. The highest BCUT2D eigenvalue weighted by atomic mass is 16.5. The summed E-state index contributed by atoms with van der Waals surface area (Å²) >= 11 is 0. The normalized spacial score (nSPS) is 10.8. The Bertz CT molecular complexity index is 1260. The Kier molecular flexibility index (Phi) is 9.63. The van der Waals surface area contributed by atoms with Gasteiger partial charge < -0.3 is 14.7 Å². The highest BCUT2D eigenvalue weighted by Gasteiger charge is 2.20. The van der Waals surface area contributed by atoms with Gasteiger partial charge in [-0.15, -0.1) is 0 Å². The number of carboxylic acids is 1. The molecule has 0 bridgehead atoms. The summed E-state index contributed by atoms with van der Waals surface area (Å²) in [4.78, 5) is 30.3. The third kappa shape index (κ3) is 7.77. The Hall–Kier alpha value is -4.45. The minimum absolute atomic E-state index is 0.00850. The van der Waals surface area contributed by atoms with Crippen molar-refractivity contribution in [3.63, 3.8) is 0 Å². The van der Waals surface area contributed by atoms with Crippen molar-refractivity contribution in [1.29, 1.82) is 0 Å². The number of carbonyl (C=O) groups excluding carboxylic acids is 1. The second-order valence-corrected chi connectivity index (χ2v) is 9.12. The van der Waals surface area contributed by atoms with Crippen molar-refractivity contribution in [2.45, 2.75) is 25.2 Å². The molecule has 1 N–H and O–H groups in total. The molecular weight excluding hydrogens is 476 g/mol.